The van der Waals surface area contributed by atoms with Gasteiger partial charge in [-0.1, -0.05) is 34.8 Å². The van der Waals surface area contributed by atoms with Crippen molar-refractivity contribution in [3.05, 3.63) is 111 Å². The van der Waals surface area contributed by atoms with Crippen LogP contribution in [0.3, 0.4) is 0 Å². The van der Waals surface area contributed by atoms with Gasteiger partial charge in [-0.05, 0) is 72.8 Å². The highest BCUT2D eigenvalue weighted by atomic mass is 35.5. The summed E-state index contributed by atoms with van der Waals surface area (Å²) in [5.41, 5.74) is -5.63. The third-order valence-electron chi connectivity index (χ3n) is 5.25. The number of carbonyl (C=O) groups excluding carboxylic acids is 1. The van der Waals surface area contributed by atoms with Gasteiger partial charge in [-0.15, -0.1) is 0 Å². The minimum Gasteiger partial charge on any atom is -0.351 e. The van der Waals surface area contributed by atoms with Gasteiger partial charge in [0.25, 0.3) is 5.91 Å². The summed E-state index contributed by atoms with van der Waals surface area (Å²) in [5.74, 6) is -1.83. The van der Waals surface area contributed by atoms with E-state index < -0.39 is 40.9 Å². The number of benzene rings is 3. The Morgan fingerprint density at radius 3 is 1.55 bits per heavy atom. The molecule has 198 valence electrons. The number of carbonyl (C=O) groups is 1. The molecule has 1 aliphatic rings. The molecule has 3 aromatic carbocycles. The lowest BCUT2D eigenvalue weighted by atomic mass is 9.94. The summed E-state index contributed by atoms with van der Waals surface area (Å²) in [6, 6.07) is 15.6. The molecule has 0 spiro atoms. The molecule has 0 radical (unpaired) electrons. The van der Waals surface area contributed by atoms with Crippen molar-refractivity contribution in [1.82, 2.24) is 0 Å². The highest BCUT2D eigenvalue weighted by Crippen LogP contribution is 2.46. The molecule has 0 atom stereocenters. The summed E-state index contributed by atoms with van der Waals surface area (Å²) >= 11 is 17.5. The van der Waals surface area contributed by atoms with Crippen molar-refractivity contribution in [2.75, 3.05) is 15.5 Å². The fraction of sp³-hybridized carbons (Fsp3) is 0.0800. The maximum absolute atomic E-state index is 14.4. The third-order valence-corrected chi connectivity index (χ3v) is 6.01. The van der Waals surface area contributed by atoms with Gasteiger partial charge in [-0.25, -0.2) is 0 Å². The number of halogens is 9. The predicted molar refractivity (Wildman–Crippen MR) is 135 cm³/mol. The Morgan fingerprint density at radius 1 is 0.658 bits per heavy atom. The normalized spacial score (nSPS) is 14.8. The Kier molecular flexibility index (Phi) is 7.60. The van der Waals surface area contributed by atoms with Gasteiger partial charge in [-0.3, -0.25) is 9.69 Å². The van der Waals surface area contributed by atoms with E-state index in [1.165, 1.54) is 60.7 Å². The number of hydrogen-bond acceptors (Lipinski definition) is 3. The molecular weight excluding hydrogens is 579 g/mol. The number of alkyl halides is 6. The van der Waals surface area contributed by atoms with Gasteiger partial charge in [0, 0.05) is 26.4 Å². The fourth-order valence-corrected chi connectivity index (χ4v) is 3.96. The highest BCUT2D eigenvalue weighted by Gasteiger charge is 2.54. The van der Waals surface area contributed by atoms with Crippen molar-refractivity contribution >= 4 is 57.8 Å². The first-order chi connectivity index (χ1) is 17.8. The second kappa shape index (κ2) is 10.4. The Hall–Kier alpha value is -3.34. The SMILES string of the molecule is O=C1C(/C(=C(\Nc2ccc(Cl)cc2)C(F)(F)F)C(F)(F)F)=C(Nc2ccc(Cl)cc2)N1c1ccc(Cl)cc1. The number of hydrogen-bond donors (Lipinski definition) is 2. The molecule has 38 heavy (non-hydrogen) atoms. The molecular formula is C25H14Cl3F6N3O. The van der Waals surface area contributed by atoms with E-state index >= 15 is 0 Å². The number of nitrogens with zero attached hydrogens (tertiary/aromatic N) is 1. The monoisotopic (exact) mass is 591 g/mol. The number of allylic oxidation sites excluding steroid dienone is 1. The zero-order valence-corrected chi connectivity index (χ0v) is 21.0. The molecule has 4 nitrogen and oxygen atoms in total. The average molecular weight is 593 g/mol. The number of nitrogens with one attached hydrogen (secondary N) is 2. The average Bonchev–Trinajstić information content (AvgIpc) is 2.83. The van der Waals surface area contributed by atoms with E-state index in [0.29, 0.717) is 5.02 Å². The van der Waals surface area contributed by atoms with E-state index in [-0.39, 0.29) is 27.1 Å². The first kappa shape index (κ1) is 27.7. The maximum atomic E-state index is 14.4. The van der Waals surface area contributed by atoms with Crippen LogP contribution in [0.4, 0.5) is 43.4 Å². The summed E-state index contributed by atoms with van der Waals surface area (Å²) in [4.78, 5) is 14.0. The van der Waals surface area contributed by atoms with Crippen LogP contribution in [0.1, 0.15) is 0 Å². The molecule has 4 rings (SSSR count). The van der Waals surface area contributed by atoms with Crippen molar-refractivity contribution in [3.63, 3.8) is 0 Å². The largest absolute Gasteiger partial charge is 0.431 e. The molecule has 1 aliphatic heterocycles. The summed E-state index contributed by atoms with van der Waals surface area (Å²) in [5, 5.41) is 5.16. The minimum absolute atomic E-state index is 0.0837. The zero-order chi connectivity index (χ0) is 27.8. The Labute approximate surface area is 227 Å². The van der Waals surface area contributed by atoms with E-state index in [1.54, 1.807) is 5.32 Å². The molecule has 0 saturated heterocycles. The van der Waals surface area contributed by atoms with Gasteiger partial charge in [0.05, 0.1) is 11.3 Å². The molecule has 0 aromatic heterocycles. The minimum atomic E-state index is -5.59. The first-order valence-corrected chi connectivity index (χ1v) is 11.7. The lowest BCUT2D eigenvalue weighted by molar-refractivity contribution is -0.122. The van der Waals surface area contributed by atoms with Gasteiger partial charge in [-0.2, -0.15) is 26.3 Å². The molecule has 0 fully saturated rings. The topological polar surface area (TPSA) is 44.4 Å². The molecule has 0 unspecified atom stereocenters. The molecule has 0 bridgehead atoms. The van der Waals surface area contributed by atoms with E-state index in [9.17, 15) is 31.1 Å². The predicted octanol–water partition coefficient (Wildman–Crippen LogP) is 8.81. The molecule has 0 aliphatic carbocycles. The maximum Gasteiger partial charge on any atom is 0.431 e. The van der Waals surface area contributed by atoms with Crippen molar-refractivity contribution in [2.24, 2.45) is 0 Å². The quantitative estimate of drug-likeness (QED) is 0.281. The summed E-state index contributed by atoms with van der Waals surface area (Å²) in [7, 11) is 0. The van der Waals surface area contributed by atoms with Crippen LogP contribution in [0.25, 0.3) is 0 Å². The number of amides is 1. The van der Waals surface area contributed by atoms with Crippen molar-refractivity contribution in [1.29, 1.82) is 0 Å². The van der Waals surface area contributed by atoms with Crippen LogP contribution < -0.4 is 15.5 Å². The Bertz CT molecular complexity index is 1420. The van der Waals surface area contributed by atoms with Crippen LogP contribution in [0.2, 0.25) is 15.1 Å². The van der Waals surface area contributed by atoms with E-state index in [2.05, 4.69) is 5.32 Å². The molecule has 1 amide bonds. The summed E-state index contributed by atoms with van der Waals surface area (Å²) in [6.07, 6.45) is -11.1. The van der Waals surface area contributed by atoms with Gasteiger partial charge in [0.2, 0.25) is 0 Å². The van der Waals surface area contributed by atoms with Crippen LogP contribution in [0.5, 0.6) is 0 Å². The second-order valence-corrected chi connectivity index (χ2v) is 9.16. The number of rotatable bonds is 6. The van der Waals surface area contributed by atoms with Crippen LogP contribution in [-0.4, -0.2) is 18.3 Å². The third kappa shape index (κ3) is 5.87. The second-order valence-electron chi connectivity index (χ2n) is 7.85. The van der Waals surface area contributed by atoms with Crippen LogP contribution >= 0.6 is 34.8 Å². The zero-order valence-electron chi connectivity index (χ0n) is 18.7. The Balaban J connectivity index is 1.95. The van der Waals surface area contributed by atoms with Gasteiger partial charge in [0.15, 0.2) is 0 Å². The van der Waals surface area contributed by atoms with Crippen LogP contribution in [0, 0.1) is 0 Å². The van der Waals surface area contributed by atoms with E-state index in [0.717, 1.165) is 17.0 Å². The van der Waals surface area contributed by atoms with Gasteiger partial charge >= 0.3 is 12.4 Å². The van der Waals surface area contributed by atoms with Gasteiger partial charge in [0.1, 0.15) is 17.1 Å². The molecule has 0 saturated carbocycles. The lowest BCUT2D eigenvalue weighted by Gasteiger charge is -2.39. The molecule has 1 heterocycles. The molecule has 2 N–H and O–H groups in total. The van der Waals surface area contributed by atoms with Crippen molar-refractivity contribution in [2.45, 2.75) is 12.4 Å². The highest BCUT2D eigenvalue weighted by molar-refractivity contribution is 6.31. The van der Waals surface area contributed by atoms with Crippen LogP contribution in [-0.2, 0) is 4.79 Å². The molecule has 3 aromatic rings. The standard InChI is InChI=1S/C25H14Cl3F6N3O/c26-13-1-7-16(8-2-13)35-21(25(32,33)34)20(24(29,30)31)19-22(36-17-9-3-14(27)4-10-17)37(23(19)38)18-11-5-15(28)6-12-18/h1-12,35-36H/b21-20+. The molecule has 13 heteroatoms. The smallest absolute Gasteiger partial charge is 0.351 e. The summed E-state index contributed by atoms with van der Waals surface area (Å²) < 4.78 is 85.5. The Morgan fingerprint density at radius 2 is 1.11 bits per heavy atom. The van der Waals surface area contributed by atoms with Crippen LogP contribution in [0.15, 0.2) is 95.5 Å². The van der Waals surface area contributed by atoms with Crippen molar-refractivity contribution in [3.8, 4) is 0 Å². The van der Waals surface area contributed by atoms with Crippen molar-refractivity contribution < 1.29 is 31.1 Å². The lowest BCUT2D eigenvalue weighted by Crippen LogP contribution is -2.49. The number of anilines is 3. The summed E-state index contributed by atoms with van der Waals surface area (Å²) in [6.45, 7) is 0. The van der Waals surface area contributed by atoms with E-state index in [4.69, 9.17) is 34.8 Å². The first-order valence-electron chi connectivity index (χ1n) is 10.5. The van der Waals surface area contributed by atoms with Gasteiger partial charge < -0.3 is 10.6 Å². The van der Waals surface area contributed by atoms with E-state index in [1.807, 2.05) is 0 Å². The fourth-order valence-electron chi connectivity index (χ4n) is 3.58.